The number of nitrogens with zero attached hydrogens (tertiary/aromatic N) is 1. The highest BCUT2D eigenvalue weighted by Crippen LogP contribution is 2.29. The molecule has 0 aliphatic rings. The van der Waals surface area contributed by atoms with Gasteiger partial charge < -0.3 is 14.2 Å². The van der Waals surface area contributed by atoms with Gasteiger partial charge in [-0.1, -0.05) is 55.1 Å². The number of hydrazone groups is 1. The molecular formula is C26H26N2O4. The lowest BCUT2D eigenvalue weighted by Gasteiger charge is -2.13. The van der Waals surface area contributed by atoms with Crippen LogP contribution in [0.4, 0.5) is 0 Å². The van der Waals surface area contributed by atoms with Crippen LogP contribution < -0.4 is 19.6 Å². The van der Waals surface area contributed by atoms with Crippen LogP contribution in [0.1, 0.15) is 28.4 Å². The second-order valence-corrected chi connectivity index (χ2v) is 6.71. The first kappa shape index (κ1) is 22.6. The molecule has 0 atom stereocenters. The van der Waals surface area contributed by atoms with E-state index in [0.29, 0.717) is 42.6 Å². The fourth-order valence-electron chi connectivity index (χ4n) is 2.86. The van der Waals surface area contributed by atoms with Gasteiger partial charge in [-0.2, -0.15) is 5.10 Å². The Kier molecular flexibility index (Phi) is 8.45. The van der Waals surface area contributed by atoms with Crippen LogP contribution in [-0.4, -0.2) is 25.3 Å². The van der Waals surface area contributed by atoms with Crippen molar-refractivity contribution >= 4 is 12.1 Å². The highest BCUT2D eigenvalue weighted by Gasteiger charge is 2.12. The summed E-state index contributed by atoms with van der Waals surface area (Å²) >= 11 is 0. The van der Waals surface area contributed by atoms with E-state index in [1.807, 2.05) is 61.5 Å². The molecule has 0 heterocycles. The number of amides is 1. The van der Waals surface area contributed by atoms with Crippen LogP contribution in [0.5, 0.6) is 17.2 Å². The summed E-state index contributed by atoms with van der Waals surface area (Å²) in [7, 11) is 0. The third kappa shape index (κ3) is 6.47. The number of ether oxygens (including phenoxy) is 3. The van der Waals surface area contributed by atoms with Crippen LogP contribution in [0, 0.1) is 0 Å². The number of para-hydroxylation sites is 1. The van der Waals surface area contributed by atoms with Crippen molar-refractivity contribution in [3.63, 3.8) is 0 Å². The van der Waals surface area contributed by atoms with Gasteiger partial charge in [-0.25, -0.2) is 5.43 Å². The minimum absolute atomic E-state index is 0.360. The highest BCUT2D eigenvalue weighted by molar-refractivity contribution is 5.95. The number of carbonyl (C=O) groups excluding carboxylic acids is 1. The molecule has 0 fully saturated rings. The van der Waals surface area contributed by atoms with Crippen LogP contribution in [-0.2, 0) is 6.61 Å². The predicted molar refractivity (Wildman–Crippen MR) is 126 cm³/mol. The molecule has 0 aliphatic carbocycles. The molecule has 0 bridgehead atoms. The van der Waals surface area contributed by atoms with Crippen LogP contribution >= 0.6 is 0 Å². The number of rotatable bonds is 11. The molecule has 0 saturated heterocycles. The number of hydrogen-bond acceptors (Lipinski definition) is 5. The van der Waals surface area contributed by atoms with Crippen molar-refractivity contribution in [1.29, 1.82) is 0 Å². The summed E-state index contributed by atoms with van der Waals surface area (Å²) < 4.78 is 17.1. The molecule has 0 saturated carbocycles. The Hall–Kier alpha value is -4.06. The lowest BCUT2D eigenvalue weighted by molar-refractivity contribution is 0.0954. The first-order valence-corrected chi connectivity index (χ1v) is 10.3. The lowest BCUT2D eigenvalue weighted by atomic mass is 10.2. The molecule has 3 rings (SSSR count). The fourth-order valence-corrected chi connectivity index (χ4v) is 2.86. The average Bonchev–Trinajstić information content (AvgIpc) is 2.83. The van der Waals surface area contributed by atoms with E-state index in [9.17, 15) is 4.79 Å². The Morgan fingerprint density at radius 3 is 2.50 bits per heavy atom. The zero-order chi connectivity index (χ0) is 22.6. The normalized spacial score (nSPS) is 10.5. The van der Waals surface area contributed by atoms with E-state index in [1.165, 1.54) is 6.21 Å². The first-order valence-electron chi connectivity index (χ1n) is 10.3. The van der Waals surface area contributed by atoms with Crippen molar-refractivity contribution < 1.29 is 19.0 Å². The minimum Gasteiger partial charge on any atom is -0.490 e. The molecule has 0 unspecified atom stereocenters. The SMILES string of the molecule is C=CCOc1ccccc1/C=N/NC(=O)c1ccc(OCc2ccccc2)c(OCC)c1. The standard InChI is InChI=1S/C26H26N2O4/c1-3-16-31-23-13-9-8-12-22(23)18-27-28-26(29)21-14-15-24(25(17-21)30-4-2)32-19-20-10-6-5-7-11-20/h3,5-15,17-18H,1,4,16,19H2,2H3,(H,28,29)/b27-18+. The number of benzene rings is 3. The largest absolute Gasteiger partial charge is 0.490 e. The summed E-state index contributed by atoms with van der Waals surface area (Å²) in [5.41, 5.74) is 4.74. The summed E-state index contributed by atoms with van der Waals surface area (Å²) in [5, 5.41) is 4.06. The quantitative estimate of drug-likeness (QED) is 0.264. The number of carbonyl (C=O) groups is 1. The zero-order valence-corrected chi connectivity index (χ0v) is 18.0. The van der Waals surface area contributed by atoms with Gasteiger partial charge in [-0.05, 0) is 42.8 Å². The van der Waals surface area contributed by atoms with Gasteiger partial charge in [0.1, 0.15) is 19.0 Å². The molecule has 6 heteroatoms. The molecule has 3 aromatic rings. The molecule has 0 spiro atoms. The maximum atomic E-state index is 12.6. The van der Waals surface area contributed by atoms with E-state index < -0.39 is 0 Å². The second kappa shape index (κ2) is 12.0. The molecule has 0 aromatic heterocycles. The summed E-state index contributed by atoms with van der Waals surface area (Å²) in [6.45, 7) is 6.76. The van der Waals surface area contributed by atoms with Crippen molar-refractivity contribution in [2.24, 2.45) is 5.10 Å². The van der Waals surface area contributed by atoms with E-state index in [4.69, 9.17) is 14.2 Å². The van der Waals surface area contributed by atoms with E-state index in [0.717, 1.165) is 11.1 Å². The Morgan fingerprint density at radius 2 is 1.72 bits per heavy atom. The van der Waals surface area contributed by atoms with Crippen LogP contribution in [0.3, 0.4) is 0 Å². The van der Waals surface area contributed by atoms with Gasteiger partial charge in [-0.15, -0.1) is 0 Å². The van der Waals surface area contributed by atoms with Crippen LogP contribution in [0.2, 0.25) is 0 Å². The first-order chi connectivity index (χ1) is 15.7. The second-order valence-electron chi connectivity index (χ2n) is 6.71. The topological polar surface area (TPSA) is 69.2 Å². The van der Waals surface area contributed by atoms with Crippen molar-refractivity contribution in [2.45, 2.75) is 13.5 Å². The van der Waals surface area contributed by atoms with Crippen molar-refractivity contribution in [2.75, 3.05) is 13.2 Å². The predicted octanol–water partition coefficient (Wildman–Crippen LogP) is 4.99. The van der Waals surface area contributed by atoms with Crippen molar-refractivity contribution in [3.05, 3.63) is 102 Å². The number of hydrogen-bond donors (Lipinski definition) is 1. The molecule has 32 heavy (non-hydrogen) atoms. The van der Waals surface area contributed by atoms with Gasteiger partial charge in [0.2, 0.25) is 0 Å². The van der Waals surface area contributed by atoms with Gasteiger partial charge >= 0.3 is 0 Å². The minimum atomic E-state index is -0.360. The van der Waals surface area contributed by atoms with E-state index >= 15 is 0 Å². The summed E-state index contributed by atoms with van der Waals surface area (Å²) in [4.78, 5) is 12.6. The lowest BCUT2D eigenvalue weighted by Crippen LogP contribution is -2.18. The van der Waals surface area contributed by atoms with Gasteiger partial charge in [0, 0.05) is 11.1 Å². The van der Waals surface area contributed by atoms with E-state index in [2.05, 4.69) is 17.1 Å². The number of nitrogens with one attached hydrogen (secondary N) is 1. The summed E-state index contributed by atoms with van der Waals surface area (Å²) in [5.74, 6) is 1.37. The Morgan fingerprint density at radius 1 is 0.938 bits per heavy atom. The molecule has 1 amide bonds. The zero-order valence-electron chi connectivity index (χ0n) is 18.0. The third-order valence-corrected chi connectivity index (χ3v) is 4.39. The van der Waals surface area contributed by atoms with Crippen LogP contribution in [0.15, 0.2) is 90.6 Å². The smallest absolute Gasteiger partial charge is 0.271 e. The molecule has 3 aromatic carbocycles. The monoisotopic (exact) mass is 430 g/mol. The summed E-state index contributed by atoms with van der Waals surface area (Å²) in [6.07, 6.45) is 3.20. The highest BCUT2D eigenvalue weighted by atomic mass is 16.5. The van der Waals surface area contributed by atoms with Crippen molar-refractivity contribution in [1.82, 2.24) is 5.43 Å². The van der Waals surface area contributed by atoms with E-state index in [-0.39, 0.29) is 5.91 Å². The van der Waals surface area contributed by atoms with Gasteiger partial charge in [0.05, 0.1) is 12.8 Å². The molecular weight excluding hydrogens is 404 g/mol. The van der Waals surface area contributed by atoms with Gasteiger partial charge in [0.25, 0.3) is 5.91 Å². The fraction of sp³-hybridized carbons (Fsp3) is 0.154. The Bertz CT molecular complexity index is 1060. The Labute approximate surface area is 188 Å². The van der Waals surface area contributed by atoms with Gasteiger partial charge in [-0.3, -0.25) is 4.79 Å². The van der Waals surface area contributed by atoms with Gasteiger partial charge in [0.15, 0.2) is 11.5 Å². The molecule has 0 radical (unpaired) electrons. The maximum absolute atomic E-state index is 12.6. The molecule has 164 valence electrons. The average molecular weight is 431 g/mol. The van der Waals surface area contributed by atoms with Crippen LogP contribution in [0.25, 0.3) is 0 Å². The summed E-state index contributed by atoms with van der Waals surface area (Å²) in [6, 6.07) is 22.3. The van der Waals surface area contributed by atoms with E-state index in [1.54, 1.807) is 24.3 Å². The van der Waals surface area contributed by atoms with Crippen molar-refractivity contribution in [3.8, 4) is 17.2 Å². The Balaban J connectivity index is 1.66. The molecule has 0 aliphatic heterocycles. The molecule has 1 N–H and O–H groups in total. The third-order valence-electron chi connectivity index (χ3n) is 4.39. The molecule has 6 nitrogen and oxygen atoms in total. The maximum Gasteiger partial charge on any atom is 0.271 e.